The molecule has 3 nitrogen and oxygen atoms in total. The molecule has 3 heteroatoms. The molecule has 0 atom stereocenters. The van der Waals surface area contributed by atoms with Crippen LogP contribution >= 0.6 is 0 Å². The van der Waals surface area contributed by atoms with E-state index in [1.165, 1.54) is 0 Å². The Balaban J connectivity index is 1.87. The van der Waals surface area contributed by atoms with Gasteiger partial charge in [0.15, 0.2) is 0 Å². The zero-order valence-corrected chi connectivity index (χ0v) is 15.3. The molecule has 0 heterocycles. The van der Waals surface area contributed by atoms with Crippen molar-refractivity contribution in [3.05, 3.63) is 83.4 Å². The van der Waals surface area contributed by atoms with E-state index in [0.717, 1.165) is 33.6 Å². The Morgan fingerprint density at radius 3 is 2.42 bits per heavy atom. The van der Waals surface area contributed by atoms with Crippen molar-refractivity contribution in [3.8, 4) is 22.6 Å². The average Bonchev–Trinajstić information content (AvgIpc) is 2.62. The summed E-state index contributed by atoms with van der Waals surface area (Å²) in [4.78, 5) is 0. The first-order valence-electron chi connectivity index (χ1n) is 8.60. The van der Waals surface area contributed by atoms with Crippen LogP contribution < -0.4 is 4.74 Å². The second-order valence-electron chi connectivity index (χ2n) is 6.93. The molecular weight excluding hydrogens is 324 g/mol. The number of aryl methyl sites for hydroxylation is 1. The normalized spacial score (nSPS) is 11.4. The maximum absolute atomic E-state index is 10.2. The van der Waals surface area contributed by atoms with Crippen LogP contribution in [0.15, 0.2) is 60.7 Å². The molecule has 0 unspecified atom stereocenters. The van der Waals surface area contributed by atoms with Crippen molar-refractivity contribution in [2.45, 2.75) is 33.0 Å². The second-order valence-corrected chi connectivity index (χ2v) is 6.93. The summed E-state index contributed by atoms with van der Waals surface area (Å²) >= 11 is 0. The number of aliphatic hydroxyl groups excluding tert-OH is 1. The van der Waals surface area contributed by atoms with Gasteiger partial charge in [-0.2, -0.15) is 0 Å². The first-order chi connectivity index (χ1) is 12.4. The molecule has 26 heavy (non-hydrogen) atoms. The van der Waals surface area contributed by atoms with Gasteiger partial charge in [0.05, 0.1) is 12.2 Å². The van der Waals surface area contributed by atoms with E-state index in [1.807, 2.05) is 55.5 Å². The molecule has 0 amide bonds. The van der Waals surface area contributed by atoms with Gasteiger partial charge in [-0.1, -0.05) is 36.4 Å². The van der Waals surface area contributed by atoms with Crippen LogP contribution in [0.2, 0.25) is 0 Å². The van der Waals surface area contributed by atoms with E-state index in [9.17, 15) is 5.11 Å². The van der Waals surface area contributed by atoms with Crippen LogP contribution in [0.25, 0.3) is 11.1 Å². The molecule has 0 spiro atoms. The molecule has 0 fully saturated rings. The van der Waals surface area contributed by atoms with Crippen molar-refractivity contribution in [1.82, 2.24) is 0 Å². The molecule has 0 aliphatic heterocycles. The van der Waals surface area contributed by atoms with Gasteiger partial charge in [0.1, 0.15) is 11.5 Å². The van der Waals surface area contributed by atoms with E-state index in [1.54, 1.807) is 26.0 Å². The van der Waals surface area contributed by atoms with Crippen molar-refractivity contribution in [1.29, 1.82) is 0 Å². The summed E-state index contributed by atoms with van der Waals surface area (Å²) in [6.45, 7) is 5.58. The number of benzene rings is 3. The topological polar surface area (TPSA) is 49.7 Å². The lowest BCUT2D eigenvalue weighted by Gasteiger charge is -2.19. The van der Waals surface area contributed by atoms with Gasteiger partial charge in [0.2, 0.25) is 0 Å². The minimum Gasteiger partial charge on any atom is -0.457 e. The van der Waals surface area contributed by atoms with Gasteiger partial charge in [-0.25, -0.2) is 0 Å². The van der Waals surface area contributed by atoms with Crippen LogP contribution in [0.3, 0.4) is 0 Å². The van der Waals surface area contributed by atoms with Crippen LogP contribution in [0, 0.1) is 13.0 Å². The molecule has 3 aromatic carbocycles. The largest absolute Gasteiger partial charge is 0.457 e. The summed E-state index contributed by atoms with van der Waals surface area (Å²) in [5.41, 5.74) is 4.02. The Labute approximate surface area is 154 Å². The van der Waals surface area contributed by atoms with E-state index in [2.05, 4.69) is 6.07 Å². The van der Waals surface area contributed by atoms with Crippen LogP contribution in [0.1, 0.15) is 30.5 Å². The minimum atomic E-state index is -0.856. The maximum Gasteiger partial charge on any atom is 0.128 e. The Morgan fingerprint density at radius 2 is 1.81 bits per heavy atom. The summed E-state index contributed by atoms with van der Waals surface area (Å²) < 4.78 is 5.90. The lowest BCUT2D eigenvalue weighted by molar-refractivity contribution is 0.0785. The quantitative estimate of drug-likeness (QED) is 0.685. The maximum atomic E-state index is 10.2. The molecule has 0 bridgehead atoms. The predicted octanol–water partition coefficient (Wildman–Crippen LogP) is 4.97. The highest BCUT2D eigenvalue weighted by Crippen LogP contribution is 2.31. The third-order valence-corrected chi connectivity index (χ3v) is 4.33. The highest BCUT2D eigenvalue weighted by Gasteiger charge is 2.17. The highest BCUT2D eigenvalue weighted by molar-refractivity contribution is 5.69. The fraction of sp³-hybridized carbons (Fsp3) is 0.217. The molecule has 0 aliphatic carbocycles. The van der Waals surface area contributed by atoms with E-state index < -0.39 is 5.60 Å². The fourth-order valence-electron chi connectivity index (χ4n) is 2.84. The smallest absolute Gasteiger partial charge is 0.128 e. The Morgan fingerprint density at radius 1 is 1.00 bits per heavy atom. The number of aliphatic hydroxyl groups is 2. The monoisotopic (exact) mass is 347 g/mol. The molecule has 3 rings (SSSR count). The SMILES string of the molecule is Cc1cc(C(C)(C)O)ccc1-c1cccc(Oc2c[c]c(CO)cc2)c1. The molecule has 3 aromatic rings. The summed E-state index contributed by atoms with van der Waals surface area (Å²) in [7, 11) is 0. The van der Waals surface area contributed by atoms with E-state index in [-0.39, 0.29) is 6.61 Å². The van der Waals surface area contributed by atoms with Crippen molar-refractivity contribution in [3.63, 3.8) is 0 Å². The molecule has 0 saturated carbocycles. The Hall–Kier alpha value is -2.62. The van der Waals surface area contributed by atoms with Gasteiger partial charge in [-0.05, 0) is 78.9 Å². The zero-order chi connectivity index (χ0) is 18.7. The number of ether oxygens (including phenoxy) is 1. The first-order valence-corrected chi connectivity index (χ1v) is 8.60. The average molecular weight is 347 g/mol. The standard InChI is InChI=1S/C23H23O3/c1-16-13-19(23(2,3)25)9-12-22(16)18-5-4-6-21(14-18)26-20-10-7-17(15-24)8-11-20/h4-7,9-14,24-25H,15H2,1-3H3. The van der Waals surface area contributed by atoms with Crippen LogP contribution in [-0.2, 0) is 12.2 Å². The Bertz CT molecular complexity index is 890. The van der Waals surface area contributed by atoms with Gasteiger partial charge < -0.3 is 14.9 Å². The number of hydrogen-bond acceptors (Lipinski definition) is 3. The van der Waals surface area contributed by atoms with E-state index >= 15 is 0 Å². The van der Waals surface area contributed by atoms with Crippen molar-refractivity contribution in [2.75, 3.05) is 0 Å². The molecule has 0 saturated heterocycles. The number of rotatable bonds is 5. The molecule has 0 aliphatic rings. The lowest BCUT2D eigenvalue weighted by atomic mass is 9.92. The fourth-order valence-corrected chi connectivity index (χ4v) is 2.84. The summed E-state index contributed by atoms with van der Waals surface area (Å²) in [6.07, 6.45) is 0. The van der Waals surface area contributed by atoms with Gasteiger partial charge in [-0.3, -0.25) is 0 Å². The summed E-state index contributed by atoms with van der Waals surface area (Å²) in [5, 5.41) is 19.3. The van der Waals surface area contributed by atoms with Crippen molar-refractivity contribution in [2.24, 2.45) is 0 Å². The molecule has 133 valence electrons. The molecular formula is C23H23O3. The van der Waals surface area contributed by atoms with Crippen molar-refractivity contribution < 1.29 is 14.9 Å². The van der Waals surface area contributed by atoms with Crippen LogP contribution in [0.4, 0.5) is 0 Å². The van der Waals surface area contributed by atoms with Gasteiger partial charge >= 0.3 is 0 Å². The Kier molecular flexibility index (Phi) is 5.12. The van der Waals surface area contributed by atoms with E-state index in [0.29, 0.717) is 5.75 Å². The zero-order valence-electron chi connectivity index (χ0n) is 15.3. The van der Waals surface area contributed by atoms with Crippen LogP contribution in [-0.4, -0.2) is 10.2 Å². The third kappa shape index (κ3) is 4.13. The van der Waals surface area contributed by atoms with Gasteiger partial charge in [0.25, 0.3) is 0 Å². The molecule has 2 N–H and O–H groups in total. The summed E-state index contributed by atoms with van der Waals surface area (Å²) in [6, 6.07) is 22.2. The predicted molar refractivity (Wildman–Crippen MR) is 103 cm³/mol. The molecule has 0 aromatic heterocycles. The molecule has 1 radical (unpaired) electrons. The highest BCUT2D eigenvalue weighted by atomic mass is 16.5. The van der Waals surface area contributed by atoms with E-state index in [4.69, 9.17) is 9.84 Å². The minimum absolute atomic E-state index is 0.0321. The second kappa shape index (κ2) is 7.32. The lowest BCUT2D eigenvalue weighted by Crippen LogP contribution is -2.15. The van der Waals surface area contributed by atoms with Crippen LogP contribution in [0.5, 0.6) is 11.5 Å². The number of hydrogen-bond donors (Lipinski definition) is 2. The van der Waals surface area contributed by atoms with Crippen molar-refractivity contribution >= 4 is 0 Å². The summed E-state index contributed by atoms with van der Waals surface area (Å²) in [5.74, 6) is 1.41. The third-order valence-electron chi connectivity index (χ3n) is 4.33. The van der Waals surface area contributed by atoms with Gasteiger partial charge in [0, 0.05) is 0 Å². The first kappa shape index (κ1) is 18.2. The van der Waals surface area contributed by atoms with Gasteiger partial charge in [-0.15, -0.1) is 0 Å².